The molecule has 2 aromatic carbocycles. The van der Waals surface area contributed by atoms with E-state index < -0.39 is 9.84 Å². The Labute approximate surface area is 178 Å². The molecule has 0 atom stereocenters. The Bertz CT molecular complexity index is 997. The average molecular weight is 429 g/mol. The average Bonchev–Trinajstić information content (AvgIpc) is 2.73. The van der Waals surface area contributed by atoms with Gasteiger partial charge in [-0.15, -0.1) is 0 Å². The van der Waals surface area contributed by atoms with E-state index >= 15 is 0 Å². The quantitative estimate of drug-likeness (QED) is 0.727. The Morgan fingerprint density at radius 1 is 1.03 bits per heavy atom. The highest BCUT2D eigenvalue weighted by Gasteiger charge is 2.19. The molecular formula is C23H28N2O4S. The number of carbonyl (C=O) groups excluding carboxylic acids is 2. The number of nitrogens with zero attached hydrogens (tertiary/aromatic N) is 1. The monoisotopic (exact) mass is 428 g/mol. The normalized spacial score (nSPS) is 14.8. The Kier molecular flexibility index (Phi) is 6.92. The summed E-state index contributed by atoms with van der Waals surface area (Å²) in [6.45, 7) is 4.09. The third-order valence-corrected chi connectivity index (χ3v) is 7.58. The molecule has 160 valence electrons. The third kappa shape index (κ3) is 5.48. The summed E-state index contributed by atoms with van der Waals surface area (Å²) in [6.07, 6.45) is 2.95. The van der Waals surface area contributed by atoms with Gasteiger partial charge in [0.2, 0.25) is 5.91 Å². The molecule has 0 radical (unpaired) electrons. The molecule has 1 saturated heterocycles. The van der Waals surface area contributed by atoms with Crippen molar-refractivity contribution < 1.29 is 18.0 Å². The first-order chi connectivity index (χ1) is 14.3. The maximum atomic E-state index is 12.5. The number of benzene rings is 2. The lowest BCUT2D eigenvalue weighted by atomic mass is 10.1. The zero-order valence-corrected chi connectivity index (χ0v) is 18.2. The first-order valence-electron chi connectivity index (χ1n) is 10.3. The van der Waals surface area contributed by atoms with Crippen LogP contribution < -0.4 is 10.2 Å². The molecule has 6 nitrogen and oxygen atoms in total. The molecule has 0 aliphatic carbocycles. The second-order valence-corrected chi connectivity index (χ2v) is 10.5. The molecular weight excluding hydrogens is 400 g/mol. The smallest absolute Gasteiger partial charge is 0.255 e. The van der Waals surface area contributed by atoms with E-state index in [4.69, 9.17) is 0 Å². The molecule has 1 N–H and O–H groups in total. The predicted molar refractivity (Wildman–Crippen MR) is 120 cm³/mol. The van der Waals surface area contributed by atoms with E-state index in [0.29, 0.717) is 24.1 Å². The van der Waals surface area contributed by atoms with Crippen molar-refractivity contribution in [3.05, 3.63) is 59.7 Å². The number of rotatable bonds is 7. The fraction of sp³-hybridized carbons (Fsp3) is 0.391. The number of hydrogen-bond acceptors (Lipinski definition) is 4. The van der Waals surface area contributed by atoms with Gasteiger partial charge < -0.3 is 10.2 Å². The van der Waals surface area contributed by atoms with Crippen molar-refractivity contribution in [2.75, 3.05) is 22.5 Å². The number of piperidine rings is 1. The molecule has 0 spiro atoms. The first kappa shape index (κ1) is 22.0. The number of amides is 2. The van der Waals surface area contributed by atoms with Crippen LogP contribution in [0.3, 0.4) is 0 Å². The highest BCUT2D eigenvalue weighted by molar-refractivity contribution is 7.91. The number of hydrogen-bond donors (Lipinski definition) is 1. The van der Waals surface area contributed by atoms with Crippen molar-refractivity contribution in [1.29, 1.82) is 0 Å². The van der Waals surface area contributed by atoms with Gasteiger partial charge in [-0.3, -0.25) is 9.59 Å². The van der Waals surface area contributed by atoms with Crippen LogP contribution in [-0.4, -0.2) is 37.8 Å². The Morgan fingerprint density at radius 2 is 1.70 bits per heavy atom. The first-order valence-corrected chi connectivity index (χ1v) is 12.0. The summed E-state index contributed by atoms with van der Waals surface area (Å²) in [5.74, 6) is -0.000280. The molecule has 7 heteroatoms. The number of sulfone groups is 1. The van der Waals surface area contributed by atoms with E-state index in [1.807, 2.05) is 12.1 Å². The minimum atomic E-state index is -3.08. The van der Waals surface area contributed by atoms with Crippen molar-refractivity contribution in [3.63, 3.8) is 0 Å². The number of aryl methyl sites for hydroxylation is 1. The molecule has 1 heterocycles. The van der Waals surface area contributed by atoms with Gasteiger partial charge in [0, 0.05) is 29.9 Å². The molecule has 0 unspecified atom stereocenters. The minimum Gasteiger partial charge on any atom is -0.322 e. The van der Waals surface area contributed by atoms with Crippen molar-refractivity contribution in [2.45, 2.75) is 44.8 Å². The van der Waals surface area contributed by atoms with Gasteiger partial charge in [-0.1, -0.05) is 12.1 Å². The summed E-state index contributed by atoms with van der Waals surface area (Å²) in [5, 5.41) is 2.46. The van der Waals surface area contributed by atoms with Gasteiger partial charge in [0.1, 0.15) is 0 Å². The van der Waals surface area contributed by atoms with Crippen LogP contribution in [-0.2, 0) is 21.1 Å². The lowest BCUT2D eigenvalue weighted by Crippen LogP contribution is -2.35. The molecule has 3 rings (SSSR count). The van der Waals surface area contributed by atoms with Crippen molar-refractivity contribution in [3.8, 4) is 0 Å². The maximum absolute atomic E-state index is 12.5. The number of nitrogens with one attached hydrogen (secondary N) is 1. The third-order valence-electron chi connectivity index (χ3n) is 5.37. The Hall–Kier alpha value is -2.67. The predicted octanol–water partition coefficient (Wildman–Crippen LogP) is 3.82. The van der Waals surface area contributed by atoms with Crippen LogP contribution in [0.4, 0.5) is 11.4 Å². The lowest BCUT2D eigenvalue weighted by Gasteiger charge is -2.26. The second-order valence-electron chi connectivity index (χ2n) is 7.87. The van der Waals surface area contributed by atoms with Crippen LogP contribution >= 0.6 is 0 Å². The van der Waals surface area contributed by atoms with Gasteiger partial charge in [0.25, 0.3) is 5.91 Å². The summed E-state index contributed by atoms with van der Waals surface area (Å²) in [7, 11) is -3.08. The van der Waals surface area contributed by atoms with E-state index in [9.17, 15) is 18.0 Å². The fourth-order valence-electron chi connectivity index (χ4n) is 3.33. The summed E-state index contributed by atoms with van der Waals surface area (Å²) in [5.41, 5.74) is 2.88. The van der Waals surface area contributed by atoms with Crippen molar-refractivity contribution in [1.82, 2.24) is 0 Å². The van der Waals surface area contributed by atoms with Gasteiger partial charge in [-0.25, -0.2) is 8.42 Å². The molecule has 1 aliphatic heterocycles. The maximum Gasteiger partial charge on any atom is 0.255 e. The van der Waals surface area contributed by atoms with Crippen LogP contribution in [0.25, 0.3) is 0 Å². The van der Waals surface area contributed by atoms with E-state index in [-0.39, 0.29) is 22.8 Å². The lowest BCUT2D eigenvalue weighted by molar-refractivity contribution is -0.119. The van der Waals surface area contributed by atoms with E-state index in [1.165, 1.54) is 0 Å². The van der Waals surface area contributed by atoms with E-state index in [2.05, 4.69) is 5.32 Å². The van der Waals surface area contributed by atoms with E-state index in [0.717, 1.165) is 30.6 Å². The summed E-state index contributed by atoms with van der Waals surface area (Å²) < 4.78 is 23.9. The highest BCUT2D eigenvalue weighted by atomic mass is 32.2. The zero-order chi connectivity index (χ0) is 21.7. The standard InChI is InChI=1S/C23H28N2O4S/c1-17(2)30(28,29)16-14-18-6-8-19(9-7-18)23(27)24-20-10-12-21(13-11-20)25-15-4-3-5-22(25)26/h6-13,17H,3-5,14-16H2,1-2H3,(H,24,27). The summed E-state index contributed by atoms with van der Waals surface area (Å²) in [6, 6.07) is 14.3. The minimum absolute atomic E-state index is 0.0993. The second kappa shape index (κ2) is 9.43. The van der Waals surface area contributed by atoms with Gasteiger partial charge in [-0.05, 0) is 75.1 Å². The molecule has 2 aromatic rings. The fourth-order valence-corrected chi connectivity index (χ4v) is 4.32. The van der Waals surface area contributed by atoms with Crippen LogP contribution in [0, 0.1) is 0 Å². The molecule has 2 amide bonds. The molecule has 0 saturated carbocycles. The Balaban J connectivity index is 1.58. The highest BCUT2D eigenvalue weighted by Crippen LogP contribution is 2.23. The summed E-state index contributed by atoms with van der Waals surface area (Å²) in [4.78, 5) is 26.3. The Morgan fingerprint density at radius 3 is 2.30 bits per heavy atom. The topological polar surface area (TPSA) is 83.6 Å². The molecule has 1 aliphatic rings. The molecule has 30 heavy (non-hydrogen) atoms. The number of anilines is 2. The van der Waals surface area contributed by atoms with Crippen molar-refractivity contribution >= 4 is 33.0 Å². The number of carbonyl (C=O) groups is 2. The van der Waals surface area contributed by atoms with Gasteiger partial charge >= 0.3 is 0 Å². The molecule has 1 fully saturated rings. The van der Waals surface area contributed by atoms with Crippen LogP contribution in [0.2, 0.25) is 0 Å². The zero-order valence-electron chi connectivity index (χ0n) is 17.4. The van der Waals surface area contributed by atoms with Crippen LogP contribution in [0.15, 0.2) is 48.5 Å². The molecule has 0 bridgehead atoms. The van der Waals surface area contributed by atoms with E-state index in [1.54, 1.807) is 55.1 Å². The van der Waals surface area contributed by atoms with Crippen LogP contribution in [0.5, 0.6) is 0 Å². The SMILES string of the molecule is CC(C)S(=O)(=O)CCc1ccc(C(=O)Nc2ccc(N3CCCCC3=O)cc2)cc1. The van der Waals surface area contributed by atoms with Gasteiger partial charge in [0.15, 0.2) is 9.84 Å². The summed E-state index contributed by atoms with van der Waals surface area (Å²) >= 11 is 0. The van der Waals surface area contributed by atoms with Crippen molar-refractivity contribution in [2.24, 2.45) is 0 Å². The molecule has 0 aromatic heterocycles. The van der Waals surface area contributed by atoms with Crippen LogP contribution in [0.1, 0.15) is 49.0 Å². The largest absolute Gasteiger partial charge is 0.322 e. The van der Waals surface area contributed by atoms with Gasteiger partial charge in [0.05, 0.1) is 11.0 Å². The van der Waals surface area contributed by atoms with Gasteiger partial charge in [-0.2, -0.15) is 0 Å².